The molecule has 0 aromatic carbocycles. The molecule has 0 radical (unpaired) electrons. The minimum Gasteiger partial charge on any atom is -0.481 e. The van der Waals surface area contributed by atoms with Gasteiger partial charge in [0.2, 0.25) is 0 Å². The molecule has 0 aliphatic carbocycles. The molecule has 0 unspecified atom stereocenters. The van der Waals surface area contributed by atoms with Crippen molar-refractivity contribution in [2.75, 3.05) is 0 Å². The Morgan fingerprint density at radius 1 is 0.808 bits per heavy atom. The molecule has 0 fully saturated rings. The molecule has 3 nitrogen and oxygen atoms in total. The van der Waals surface area contributed by atoms with Crippen LogP contribution < -0.4 is 0 Å². The van der Waals surface area contributed by atoms with E-state index in [9.17, 15) is 4.79 Å². The average Bonchev–Trinajstić information content (AvgIpc) is 2.65. The lowest BCUT2D eigenvalue weighted by Crippen LogP contribution is -1.93. The molecule has 3 heteroatoms. The Labute approximate surface area is 159 Å². The maximum absolute atomic E-state index is 10.4. The number of carboxylic acids is 1. The van der Waals surface area contributed by atoms with Crippen LogP contribution in [0.4, 0.5) is 0 Å². The van der Waals surface area contributed by atoms with Gasteiger partial charge in [0.05, 0.1) is 0 Å². The van der Waals surface area contributed by atoms with Crippen LogP contribution in [0, 0.1) is 0 Å². The molecule has 0 spiro atoms. The smallest absolute Gasteiger partial charge is 0.303 e. The number of aromatic nitrogens is 1. The van der Waals surface area contributed by atoms with Crippen molar-refractivity contribution in [3.8, 4) is 0 Å². The van der Waals surface area contributed by atoms with E-state index in [0.29, 0.717) is 6.42 Å². The molecular weight excluding hydrogens is 322 g/mol. The fourth-order valence-electron chi connectivity index (χ4n) is 3.13. The molecule has 1 N–H and O–H groups in total. The summed E-state index contributed by atoms with van der Waals surface area (Å²) in [7, 11) is 0. The summed E-state index contributed by atoms with van der Waals surface area (Å²) in [6, 6.07) is 6.16. The molecule has 0 aliphatic rings. The van der Waals surface area contributed by atoms with Crippen molar-refractivity contribution >= 4 is 5.97 Å². The summed E-state index contributed by atoms with van der Waals surface area (Å²) in [6.45, 7) is 0. The lowest BCUT2D eigenvalue weighted by molar-refractivity contribution is -0.137. The van der Waals surface area contributed by atoms with Crippen molar-refractivity contribution in [2.45, 2.75) is 96.3 Å². The van der Waals surface area contributed by atoms with Gasteiger partial charge in [0, 0.05) is 18.3 Å². The quantitative estimate of drug-likeness (QED) is 0.248. The highest BCUT2D eigenvalue weighted by atomic mass is 16.4. The van der Waals surface area contributed by atoms with E-state index in [4.69, 9.17) is 5.11 Å². The van der Waals surface area contributed by atoms with Gasteiger partial charge in [-0.25, -0.2) is 0 Å². The van der Waals surface area contributed by atoms with Gasteiger partial charge < -0.3 is 5.11 Å². The van der Waals surface area contributed by atoms with Crippen LogP contribution >= 0.6 is 0 Å². The number of carboxylic acid groups (broad SMARTS) is 1. The monoisotopic (exact) mass is 359 g/mol. The number of hydrogen-bond donors (Lipinski definition) is 1. The molecule has 1 rings (SSSR count). The number of nitrogens with zero attached hydrogens (tertiary/aromatic N) is 1. The summed E-state index contributed by atoms with van der Waals surface area (Å²) in [5.41, 5.74) is 1.22. The molecule has 26 heavy (non-hydrogen) atoms. The number of aliphatic carboxylic acids is 1. The highest BCUT2D eigenvalue weighted by Crippen LogP contribution is 2.11. The minimum atomic E-state index is -0.669. The number of carbonyl (C=O) groups is 1. The summed E-state index contributed by atoms with van der Waals surface area (Å²) >= 11 is 0. The second kappa shape index (κ2) is 16.8. The molecule has 0 aliphatic heterocycles. The minimum absolute atomic E-state index is 0.324. The molecular formula is C23H37NO2. The van der Waals surface area contributed by atoms with Crippen molar-refractivity contribution in [1.82, 2.24) is 4.98 Å². The maximum atomic E-state index is 10.4. The van der Waals surface area contributed by atoms with E-state index in [1.807, 2.05) is 12.3 Å². The van der Waals surface area contributed by atoms with Crippen molar-refractivity contribution in [2.24, 2.45) is 0 Å². The Hall–Kier alpha value is -1.64. The van der Waals surface area contributed by atoms with Crippen molar-refractivity contribution in [3.05, 3.63) is 42.2 Å². The van der Waals surface area contributed by atoms with Crippen molar-refractivity contribution in [3.63, 3.8) is 0 Å². The fraction of sp³-hybridized carbons (Fsp3) is 0.652. The molecule has 1 heterocycles. The van der Waals surface area contributed by atoms with Crippen LogP contribution in [0.1, 0.15) is 95.6 Å². The predicted octanol–water partition coefficient (Wildman–Crippen LogP) is 6.73. The normalized spacial score (nSPS) is 11.2. The van der Waals surface area contributed by atoms with Gasteiger partial charge in [-0.1, -0.05) is 63.2 Å². The Morgan fingerprint density at radius 3 is 1.96 bits per heavy atom. The third-order valence-electron chi connectivity index (χ3n) is 4.71. The van der Waals surface area contributed by atoms with E-state index in [1.165, 1.54) is 76.3 Å². The zero-order chi connectivity index (χ0) is 18.7. The molecule has 1 aromatic heterocycles. The maximum Gasteiger partial charge on any atom is 0.303 e. The summed E-state index contributed by atoms with van der Waals surface area (Å²) in [6.07, 6.45) is 23.8. The first-order valence-electron chi connectivity index (χ1n) is 10.6. The Balaban J connectivity index is 1.76. The zero-order valence-electron chi connectivity index (χ0n) is 16.4. The summed E-state index contributed by atoms with van der Waals surface area (Å²) in [5, 5.41) is 8.56. The van der Waals surface area contributed by atoms with Crippen LogP contribution in [0.2, 0.25) is 0 Å². The molecule has 0 saturated carbocycles. The van der Waals surface area contributed by atoms with Gasteiger partial charge in [-0.05, 0) is 57.1 Å². The zero-order valence-corrected chi connectivity index (χ0v) is 16.4. The van der Waals surface area contributed by atoms with Gasteiger partial charge in [0.15, 0.2) is 0 Å². The first-order valence-corrected chi connectivity index (χ1v) is 10.6. The van der Waals surface area contributed by atoms with Gasteiger partial charge >= 0.3 is 5.97 Å². The first kappa shape index (κ1) is 22.4. The van der Waals surface area contributed by atoms with Crippen LogP contribution in [0.15, 0.2) is 36.5 Å². The van der Waals surface area contributed by atoms with Gasteiger partial charge in [0.1, 0.15) is 0 Å². The number of allylic oxidation sites excluding steroid dienone is 2. The lowest BCUT2D eigenvalue weighted by Gasteiger charge is -2.01. The highest BCUT2D eigenvalue weighted by molar-refractivity contribution is 5.66. The van der Waals surface area contributed by atoms with Crippen LogP contribution in [0.25, 0.3) is 0 Å². The topological polar surface area (TPSA) is 50.2 Å². The number of rotatable bonds is 17. The Bertz CT molecular complexity index is 470. The van der Waals surface area contributed by atoms with Crippen LogP contribution in [0.5, 0.6) is 0 Å². The fourth-order valence-corrected chi connectivity index (χ4v) is 3.13. The largest absolute Gasteiger partial charge is 0.481 e. The van der Waals surface area contributed by atoms with Gasteiger partial charge in [-0.2, -0.15) is 0 Å². The number of hydrogen-bond acceptors (Lipinski definition) is 2. The van der Waals surface area contributed by atoms with E-state index in [2.05, 4.69) is 29.3 Å². The van der Waals surface area contributed by atoms with Crippen LogP contribution in [-0.2, 0) is 11.2 Å². The molecule has 0 saturated heterocycles. The second-order valence-corrected chi connectivity index (χ2v) is 7.15. The number of unbranched alkanes of at least 4 members (excludes halogenated alkanes) is 11. The Kier molecular flexibility index (Phi) is 14.5. The van der Waals surface area contributed by atoms with Gasteiger partial charge in [0.25, 0.3) is 0 Å². The number of aryl methyl sites for hydroxylation is 1. The first-order chi connectivity index (χ1) is 12.8. The van der Waals surface area contributed by atoms with E-state index < -0.39 is 5.97 Å². The third kappa shape index (κ3) is 14.7. The van der Waals surface area contributed by atoms with E-state index in [0.717, 1.165) is 19.3 Å². The third-order valence-corrected chi connectivity index (χ3v) is 4.71. The van der Waals surface area contributed by atoms with Crippen molar-refractivity contribution in [1.29, 1.82) is 0 Å². The molecule has 0 atom stereocenters. The summed E-state index contributed by atoms with van der Waals surface area (Å²) < 4.78 is 0. The molecule has 0 amide bonds. The standard InChI is InChI=1S/C23H37NO2/c25-23(26)20-15-13-11-9-7-5-3-1-2-4-6-8-10-12-14-18-22-19-16-17-21-24-22/h1,3,16-17,19,21H,2,4-15,18,20H2,(H,25,26)/b3-1-. The predicted molar refractivity (Wildman–Crippen MR) is 109 cm³/mol. The lowest BCUT2D eigenvalue weighted by atomic mass is 10.1. The highest BCUT2D eigenvalue weighted by Gasteiger charge is 1.96. The van der Waals surface area contributed by atoms with Gasteiger partial charge in [-0.3, -0.25) is 9.78 Å². The molecule has 146 valence electrons. The Morgan fingerprint density at radius 2 is 1.38 bits per heavy atom. The van der Waals surface area contributed by atoms with E-state index >= 15 is 0 Å². The SMILES string of the molecule is O=C(O)CCCCCCC/C=C\CCCCCCCCc1ccccn1. The summed E-state index contributed by atoms with van der Waals surface area (Å²) in [5.74, 6) is -0.669. The average molecular weight is 360 g/mol. The molecule has 1 aromatic rings. The van der Waals surface area contributed by atoms with E-state index in [-0.39, 0.29) is 0 Å². The molecule has 0 bridgehead atoms. The van der Waals surface area contributed by atoms with Crippen LogP contribution in [0.3, 0.4) is 0 Å². The van der Waals surface area contributed by atoms with Crippen LogP contribution in [-0.4, -0.2) is 16.1 Å². The summed E-state index contributed by atoms with van der Waals surface area (Å²) in [4.78, 5) is 14.8. The second-order valence-electron chi connectivity index (χ2n) is 7.15. The number of pyridine rings is 1. The van der Waals surface area contributed by atoms with Gasteiger partial charge in [-0.15, -0.1) is 0 Å². The van der Waals surface area contributed by atoms with Crippen molar-refractivity contribution < 1.29 is 9.90 Å². The van der Waals surface area contributed by atoms with E-state index in [1.54, 1.807) is 0 Å².